The Morgan fingerprint density at radius 1 is 1.27 bits per heavy atom. The summed E-state index contributed by atoms with van der Waals surface area (Å²) in [6, 6.07) is 4.64. The van der Waals surface area contributed by atoms with Crippen LogP contribution in [0.25, 0.3) is 0 Å². The van der Waals surface area contributed by atoms with Crippen LogP contribution in [0.3, 0.4) is 0 Å². The molecule has 0 spiro atoms. The summed E-state index contributed by atoms with van der Waals surface area (Å²) in [6.45, 7) is 1.71. The normalized spacial score (nSPS) is 15.6. The van der Waals surface area contributed by atoms with Gasteiger partial charge in [0.25, 0.3) is 0 Å². The van der Waals surface area contributed by atoms with E-state index in [0.29, 0.717) is 23.4 Å². The second-order valence-electron chi connectivity index (χ2n) is 6.32. The van der Waals surface area contributed by atoms with Crippen molar-refractivity contribution >= 4 is 29.1 Å². The van der Waals surface area contributed by atoms with Crippen molar-refractivity contribution in [3.05, 3.63) is 40.5 Å². The van der Waals surface area contributed by atoms with E-state index in [1.807, 2.05) is 0 Å². The lowest BCUT2D eigenvalue weighted by atomic mass is 10.2. The van der Waals surface area contributed by atoms with Crippen LogP contribution in [0.15, 0.2) is 24.3 Å². The number of anilines is 3. The fourth-order valence-electron chi connectivity index (χ4n) is 2.38. The molecule has 3 rings (SSSR count). The molecule has 1 aromatic heterocycles. The predicted molar refractivity (Wildman–Crippen MR) is 93.9 cm³/mol. The van der Waals surface area contributed by atoms with Crippen LogP contribution in [0.2, 0.25) is 5.02 Å². The number of alkyl halides is 3. The van der Waals surface area contributed by atoms with Crippen molar-refractivity contribution in [2.45, 2.75) is 37.9 Å². The zero-order valence-electron chi connectivity index (χ0n) is 13.9. The van der Waals surface area contributed by atoms with Gasteiger partial charge in [0.2, 0.25) is 5.95 Å². The number of halogens is 4. The molecule has 1 atom stereocenters. The van der Waals surface area contributed by atoms with E-state index in [1.54, 1.807) is 13.0 Å². The Morgan fingerprint density at radius 2 is 2.00 bits per heavy atom. The Labute approximate surface area is 153 Å². The molecule has 5 nitrogen and oxygen atoms in total. The lowest BCUT2D eigenvalue weighted by Crippen LogP contribution is -2.21. The standard InChI is InChI=1S/C17H18ClF3N4O/c1-9(8-26)22-16-24-14(10-2-3-10)7-15(25-16)23-13-5-4-11(6-12(13)18)17(19,20)21/h4-7,9-10,26H,2-3,8H2,1H3,(H2,22,23,24,25)/t9-/m0/s1. The van der Waals surface area contributed by atoms with Gasteiger partial charge in [-0.1, -0.05) is 11.6 Å². The predicted octanol–water partition coefficient (Wildman–Crippen LogP) is 4.56. The molecule has 1 aliphatic rings. The molecule has 9 heteroatoms. The Hall–Kier alpha value is -2.06. The molecule has 1 heterocycles. The van der Waals surface area contributed by atoms with Crippen LogP contribution in [0.1, 0.15) is 36.9 Å². The van der Waals surface area contributed by atoms with Crippen molar-refractivity contribution in [3.8, 4) is 0 Å². The van der Waals surface area contributed by atoms with E-state index in [9.17, 15) is 18.3 Å². The molecular formula is C17H18ClF3N4O. The average Bonchev–Trinajstić information content (AvgIpc) is 3.40. The molecule has 26 heavy (non-hydrogen) atoms. The Morgan fingerprint density at radius 3 is 2.58 bits per heavy atom. The molecule has 0 aliphatic heterocycles. The van der Waals surface area contributed by atoms with Crippen LogP contribution in [0.5, 0.6) is 0 Å². The van der Waals surface area contributed by atoms with Gasteiger partial charge in [0.15, 0.2) is 0 Å². The SMILES string of the molecule is C[C@@H](CO)Nc1nc(Nc2ccc(C(F)(F)F)cc2Cl)cc(C2CC2)n1. The van der Waals surface area contributed by atoms with E-state index in [2.05, 4.69) is 20.6 Å². The summed E-state index contributed by atoms with van der Waals surface area (Å²) in [5.74, 6) is 1.13. The minimum atomic E-state index is -4.45. The van der Waals surface area contributed by atoms with Gasteiger partial charge in [-0.2, -0.15) is 18.2 Å². The van der Waals surface area contributed by atoms with Crippen LogP contribution in [0.4, 0.5) is 30.6 Å². The summed E-state index contributed by atoms with van der Waals surface area (Å²) in [7, 11) is 0. The third kappa shape index (κ3) is 4.56. The minimum absolute atomic E-state index is 0.0513. The van der Waals surface area contributed by atoms with Gasteiger partial charge in [-0.3, -0.25) is 0 Å². The van der Waals surface area contributed by atoms with E-state index in [-0.39, 0.29) is 17.7 Å². The molecule has 0 saturated heterocycles. The van der Waals surface area contributed by atoms with Crippen LogP contribution in [0, 0.1) is 0 Å². The van der Waals surface area contributed by atoms with Crippen molar-refractivity contribution < 1.29 is 18.3 Å². The average molecular weight is 387 g/mol. The van der Waals surface area contributed by atoms with Crippen LogP contribution in [-0.2, 0) is 6.18 Å². The zero-order chi connectivity index (χ0) is 18.9. The third-order valence-electron chi connectivity index (χ3n) is 3.95. The first-order valence-corrected chi connectivity index (χ1v) is 8.54. The number of aliphatic hydroxyl groups is 1. The number of aliphatic hydroxyl groups excluding tert-OH is 1. The van der Waals surface area contributed by atoms with Gasteiger partial charge in [0.1, 0.15) is 5.82 Å². The van der Waals surface area contributed by atoms with Gasteiger partial charge in [0, 0.05) is 18.0 Å². The summed E-state index contributed by atoms with van der Waals surface area (Å²) >= 11 is 5.99. The number of nitrogens with zero attached hydrogens (tertiary/aromatic N) is 2. The first-order valence-electron chi connectivity index (χ1n) is 8.16. The summed E-state index contributed by atoms with van der Waals surface area (Å²) in [6.07, 6.45) is -2.38. The highest BCUT2D eigenvalue weighted by atomic mass is 35.5. The molecule has 0 radical (unpaired) electrons. The second kappa shape index (κ2) is 7.28. The fourth-order valence-corrected chi connectivity index (χ4v) is 2.61. The number of rotatable bonds is 6. The van der Waals surface area contributed by atoms with E-state index in [1.165, 1.54) is 6.07 Å². The van der Waals surface area contributed by atoms with Gasteiger partial charge in [0.05, 0.1) is 28.6 Å². The monoisotopic (exact) mass is 386 g/mol. The highest BCUT2D eigenvalue weighted by Crippen LogP contribution is 2.40. The molecule has 0 amide bonds. The summed E-state index contributed by atoms with van der Waals surface area (Å²) in [4.78, 5) is 8.75. The largest absolute Gasteiger partial charge is 0.416 e. The number of aromatic nitrogens is 2. The van der Waals surface area contributed by atoms with Gasteiger partial charge >= 0.3 is 6.18 Å². The van der Waals surface area contributed by atoms with Crippen molar-refractivity contribution in [2.75, 3.05) is 17.2 Å². The highest BCUT2D eigenvalue weighted by Gasteiger charge is 2.31. The maximum atomic E-state index is 12.8. The maximum absolute atomic E-state index is 12.8. The Bertz CT molecular complexity index is 796. The zero-order valence-corrected chi connectivity index (χ0v) is 14.7. The Kier molecular flexibility index (Phi) is 5.24. The smallest absolute Gasteiger partial charge is 0.394 e. The topological polar surface area (TPSA) is 70.1 Å². The van der Waals surface area contributed by atoms with Crippen LogP contribution < -0.4 is 10.6 Å². The van der Waals surface area contributed by atoms with E-state index in [4.69, 9.17) is 11.6 Å². The first kappa shape index (κ1) is 18.7. The van der Waals surface area contributed by atoms with Gasteiger partial charge in [-0.15, -0.1) is 0 Å². The highest BCUT2D eigenvalue weighted by molar-refractivity contribution is 6.33. The quantitative estimate of drug-likeness (QED) is 0.678. The maximum Gasteiger partial charge on any atom is 0.416 e. The number of hydrogen-bond acceptors (Lipinski definition) is 5. The molecule has 2 aromatic rings. The second-order valence-corrected chi connectivity index (χ2v) is 6.73. The molecule has 0 unspecified atom stereocenters. The van der Waals surface area contributed by atoms with E-state index >= 15 is 0 Å². The molecule has 0 bridgehead atoms. The van der Waals surface area contributed by atoms with Crippen molar-refractivity contribution in [1.82, 2.24) is 9.97 Å². The lowest BCUT2D eigenvalue weighted by molar-refractivity contribution is -0.137. The molecular weight excluding hydrogens is 369 g/mol. The molecule has 1 aliphatic carbocycles. The molecule has 140 valence electrons. The third-order valence-corrected chi connectivity index (χ3v) is 4.26. The number of hydrogen-bond donors (Lipinski definition) is 3. The number of benzene rings is 1. The summed E-state index contributed by atoms with van der Waals surface area (Å²) < 4.78 is 38.3. The van der Waals surface area contributed by atoms with Gasteiger partial charge < -0.3 is 15.7 Å². The van der Waals surface area contributed by atoms with Crippen LogP contribution >= 0.6 is 11.6 Å². The van der Waals surface area contributed by atoms with E-state index < -0.39 is 11.7 Å². The molecule has 1 fully saturated rings. The van der Waals surface area contributed by atoms with Gasteiger partial charge in [-0.25, -0.2) is 4.98 Å². The van der Waals surface area contributed by atoms with Gasteiger partial charge in [-0.05, 0) is 38.0 Å². The van der Waals surface area contributed by atoms with Crippen molar-refractivity contribution in [2.24, 2.45) is 0 Å². The summed E-state index contributed by atoms with van der Waals surface area (Å²) in [5, 5.41) is 15.1. The first-order chi connectivity index (χ1) is 12.3. The molecule has 1 aromatic carbocycles. The van der Waals surface area contributed by atoms with Crippen LogP contribution in [-0.4, -0.2) is 27.7 Å². The molecule has 3 N–H and O–H groups in total. The molecule has 1 saturated carbocycles. The lowest BCUT2D eigenvalue weighted by Gasteiger charge is -2.15. The van der Waals surface area contributed by atoms with Crippen molar-refractivity contribution in [1.29, 1.82) is 0 Å². The van der Waals surface area contributed by atoms with E-state index in [0.717, 1.165) is 30.7 Å². The Balaban J connectivity index is 1.87. The number of nitrogens with one attached hydrogen (secondary N) is 2. The summed E-state index contributed by atoms with van der Waals surface area (Å²) in [5.41, 5.74) is 0.355. The van der Waals surface area contributed by atoms with Crippen molar-refractivity contribution in [3.63, 3.8) is 0 Å². The fraction of sp³-hybridized carbons (Fsp3) is 0.412. The minimum Gasteiger partial charge on any atom is -0.394 e.